The van der Waals surface area contributed by atoms with Crippen LogP contribution < -0.4 is 5.73 Å². The first-order valence-corrected chi connectivity index (χ1v) is 11.6. The van der Waals surface area contributed by atoms with E-state index in [9.17, 15) is 0 Å². The lowest BCUT2D eigenvalue weighted by molar-refractivity contribution is 0.827. The molecule has 0 bridgehead atoms. The van der Waals surface area contributed by atoms with Gasteiger partial charge in [0.25, 0.3) is 0 Å². The van der Waals surface area contributed by atoms with E-state index in [0.29, 0.717) is 11.3 Å². The van der Waals surface area contributed by atoms with E-state index in [-0.39, 0.29) is 5.92 Å². The van der Waals surface area contributed by atoms with Gasteiger partial charge in [-0.2, -0.15) is 5.10 Å². The summed E-state index contributed by atoms with van der Waals surface area (Å²) < 4.78 is 0. The second-order valence-corrected chi connectivity index (χ2v) is 9.30. The molecule has 0 aromatic carbocycles. The van der Waals surface area contributed by atoms with E-state index in [1.807, 2.05) is 30.9 Å². The zero-order valence-corrected chi connectivity index (χ0v) is 18.9. The molecule has 4 N–H and O–H groups in total. The Morgan fingerprint density at radius 1 is 0.970 bits per heavy atom. The Balaban J connectivity index is 1.47. The average molecular weight is 452 g/mol. The van der Waals surface area contributed by atoms with Crippen LogP contribution in [0.1, 0.15) is 25.5 Å². The van der Waals surface area contributed by atoms with Crippen LogP contribution in [0.5, 0.6) is 0 Å². The van der Waals surface area contributed by atoms with Gasteiger partial charge in [0.05, 0.1) is 34.5 Å². The fourth-order valence-corrected chi connectivity index (χ4v) is 4.96. The largest absolute Gasteiger partial charge is 0.397 e. The summed E-state index contributed by atoms with van der Waals surface area (Å²) >= 11 is 1.70. The highest BCUT2D eigenvalue weighted by Gasteiger charge is 2.16. The van der Waals surface area contributed by atoms with Gasteiger partial charge in [-0.3, -0.25) is 15.1 Å². The van der Waals surface area contributed by atoms with Crippen LogP contribution in [0.4, 0.5) is 5.69 Å². The smallest absolute Gasteiger partial charge is 0.181 e. The molecule has 0 atom stereocenters. The Morgan fingerprint density at radius 3 is 2.61 bits per heavy atom. The summed E-state index contributed by atoms with van der Waals surface area (Å²) in [5.41, 5.74) is 14.3. The Kier molecular flexibility index (Phi) is 4.48. The van der Waals surface area contributed by atoms with Crippen LogP contribution in [0.3, 0.4) is 0 Å². The van der Waals surface area contributed by atoms with Gasteiger partial charge >= 0.3 is 0 Å². The number of nitrogens with one attached hydrogen (secondary N) is 2. The molecule has 6 aromatic heterocycles. The molecule has 0 radical (unpaired) electrons. The molecule has 7 nitrogen and oxygen atoms in total. The lowest BCUT2D eigenvalue weighted by Crippen LogP contribution is -2.00. The number of nitrogens with two attached hydrogens (primary N) is 1. The summed E-state index contributed by atoms with van der Waals surface area (Å²) in [5, 5.41) is 11.7. The van der Waals surface area contributed by atoms with E-state index < -0.39 is 0 Å². The third kappa shape index (κ3) is 3.27. The summed E-state index contributed by atoms with van der Waals surface area (Å²) in [6.07, 6.45) is 7.43. The summed E-state index contributed by atoms with van der Waals surface area (Å²) in [5.74, 6) is 0.274. The summed E-state index contributed by atoms with van der Waals surface area (Å²) in [6.45, 7) is 4.17. The van der Waals surface area contributed by atoms with Crippen molar-refractivity contribution in [3.8, 4) is 33.0 Å². The fourth-order valence-electron chi connectivity index (χ4n) is 4.21. The maximum atomic E-state index is 6.26. The lowest BCUT2D eigenvalue weighted by Gasteiger charge is -2.10. The summed E-state index contributed by atoms with van der Waals surface area (Å²) in [7, 11) is 0. The number of hydrogen-bond acceptors (Lipinski definition) is 6. The predicted molar refractivity (Wildman–Crippen MR) is 134 cm³/mol. The topological polar surface area (TPSA) is 109 Å². The van der Waals surface area contributed by atoms with Gasteiger partial charge in [-0.05, 0) is 35.6 Å². The standard InChI is InChI=1S/C25H21N7S/c1-13(2)23-19(26)7-15(9-28-23)14-6-17-24(31-32-25(17)29-10-14)20-8-16-18(22-4-3-5-33-22)11-27-12-21(16)30-20/h3-13,30H,26H2,1-2H3,(H,29,31,32). The Bertz CT molecular complexity index is 1610. The van der Waals surface area contributed by atoms with Gasteiger partial charge in [-0.15, -0.1) is 11.3 Å². The van der Waals surface area contributed by atoms with Crippen LogP contribution in [-0.2, 0) is 0 Å². The first-order chi connectivity index (χ1) is 16.1. The maximum Gasteiger partial charge on any atom is 0.181 e. The van der Waals surface area contributed by atoms with Crippen LogP contribution in [0.25, 0.3) is 54.9 Å². The van der Waals surface area contributed by atoms with Crippen LogP contribution in [0.15, 0.2) is 60.5 Å². The van der Waals surface area contributed by atoms with Crippen molar-refractivity contribution in [3.63, 3.8) is 0 Å². The zero-order chi connectivity index (χ0) is 22.5. The summed E-state index contributed by atoms with van der Waals surface area (Å²) in [4.78, 5) is 18.2. The minimum Gasteiger partial charge on any atom is -0.397 e. The van der Waals surface area contributed by atoms with Crippen LogP contribution in [0, 0.1) is 0 Å². The number of thiophene rings is 1. The number of nitrogen functional groups attached to an aromatic ring is 1. The minimum atomic E-state index is 0.274. The normalized spacial score (nSPS) is 11.7. The van der Waals surface area contributed by atoms with E-state index in [0.717, 1.165) is 50.1 Å². The van der Waals surface area contributed by atoms with Crippen molar-refractivity contribution in [3.05, 3.63) is 66.2 Å². The molecule has 0 saturated carbocycles. The van der Waals surface area contributed by atoms with E-state index in [1.165, 1.54) is 4.88 Å². The van der Waals surface area contributed by atoms with Crippen molar-refractivity contribution in [2.24, 2.45) is 0 Å². The molecule has 33 heavy (non-hydrogen) atoms. The third-order valence-corrected chi connectivity index (χ3v) is 6.74. The monoisotopic (exact) mass is 451 g/mol. The molecule has 8 heteroatoms. The number of pyridine rings is 3. The van der Waals surface area contributed by atoms with Gasteiger partial charge in [-0.25, -0.2) is 4.98 Å². The maximum absolute atomic E-state index is 6.26. The number of anilines is 1. The molecule has 6 rings (SSSR count). The Labute approximate surface area is 193 Å². The second kappa shape index (κ2) is 7.53. The van der Waals surface area contributed by atoms with E-state index in [1.54, 1.807) is 11.3 Å². The fraction of sp³-hybridized carbons (Fsp3) is 0.120. The van der Waals surface area contributed by atoms with Crippen molar-refractivity contribution >= 4 is 39.0 Å². The molecule has 0 spiro atoms. The number of nitrogens with zero attached hydrogens (tertiary/aromatic N) is 4. The van der Waals surface area contributed by atoms with Crippen molar-refractivity contribution in [1.29, 1.82) is 0 Å². The Morgan fingerprint density at radius 2 is 1.82 bits per heavy atom. The molecule has 6 heterocycles. The van der Waals surface area contributed by atoms with E-state index >= 15 is 0 Å². The van der Waals surface area contributed by atoms with Crippen LogP contribution >= 0.6 is 11.3 Å². The number of aromatic nitrogens is 6. The molecule has 0 fully saturated rings. The molecule has 0 aliphatic rings. The van der Waals surface area contributed by atoms with Crippen molar-refractivity contribution in [1.82, 2.24) is 30.1 Å². The van der Waals surface area contributed by atoms with Crippen LogP contribution in [-0.4, -0.2) is 30.1 Å². The number of aromatic amines is 2. The number of H-pyrrole nitrogens is 2. The first kappa shape index (κ1) is 19.6. The predicted octanol–water partition coefficient (Wildman–Crippen LogP) is 6.00. The van der Waals surface area contributed by atoms with Gasteiger partial charge < -0.3 is 10.7 Å². The highest BCUT2D eigenvalue weighted by Crippen LogP contribution is 2.36. The van der Waals surface area contributed by atoms with Crippen molar-refractivity contribution in [2.45, 2.75) is 19.8 Å². The van der Waals surface area contributed by atoms with Gasteiger partial charge in [0.15, 0.2) is 5.65 Å². The Hall–Kier alpha value is -4.04. The zero-order valence-electron chi connectivity index (χ0n) is 18.1. The van der Waals surface area contributed by atoms with Crippen LogP contribution in [0.2, 0.25) is 0 Å². The first-order valence-electron chi connectivity index (χ1n) is 10.7. The SMILES string of the molecule is CC(C)c1ncc(-c2cnc3n[nH]c(-c4cc5c(-c6cccs6)cncc5[nH]4)c3c2)cc1N. The molecule has 0 unspecified atom stereocenters. The highest BCUT2D eigenvalue weighted by molar-refractivity contribution is 7.13. The highest BCUT2D eigenvalue weighted by atomic mass is 32.1. The van der Waals surface area contributed by atoms with Gasteiger partial charge in [0, 0.05) is 50.9 Å². The lowest BCUT2D eigenvalue weighted by atomic mass is 10.0. The summed E-state index contributed by atoms with van der Waals surface area (Å²) in [6, 6.07) is 10.4. The minimum absolute atomic E-state index is 0.274. The second-order valence-electron chi connectivity index (χ2n) is 8.36. The average Bonchev–Trinajstić information content (AvgIpc) is 3.57. The molecular weight excluding hydrogens is 430 g/mol. The van der Waals surface area contributed by atoms with Crippen molar-refractivity contribution < 1.29 is 0 Å². The molecule has 6 aromatic rings. The molecular formula is C25H21N7S. The van der Waals surface area contributed by atoms with E-state index in [4.69, 9.17) is 5.73 Å². The molecule has 0 aliphatic carbocycles. The van der Waals surface area contributed by atoms with E-state index in [2.05, 4.69) is 73.6 Å². The molecule has 0 saturated heterocycles. The molecule has 0 aliphatic heterocycles. The van der Waals surface area contributed by atoms with Crippen molar-refractivity contribution in [2.75, 3.05) is 5.73 Å². The molecule has 162 valence electrons. The number of hydrogen-bond donors (Lipinski definition) is 3. The quantitative estimate of drug-likeness (QED) is 0.305. The molecule has 0 amide bonds. The van der Waals surface area contributed by atoms with Gasteiger partial charge in [0.2, 0.25) is 0 Å². The third-order valence-electron chi connectivity index (χ3n) is 5.84. The van der Waals surface area contributed by atoms with Gasteiger partial charge in [0.1, 0.15) is 0 Å². The number of fused-ring (bicyclic) bond motifs is 2. The van der Waals surface area contributed by atoms with Gasteiger partial charge in [-0.1, -0.05) is 19.9 Å². The number of rotatable bonds is 4.